The molecule has 0 aliphatic heterocycles. The maximum absolute atomic E-state index is 5.85. The molecule has 1 aliphatic rings. The lowest BCUT2D eigenvalue weighted by atomic mass is 9.93. The van der Waals surface area contributed by atoms with E-state index in [0.29, 0.717) is 6.04 Å². The van der Waals surface area contributed by atoms with Gasteiger partial charge in [-0.1, -0.05) is 37.1 Å². The summed E-state index contributed by atoms with van der Waals surface area (Å²) in [5.41, 5.74) is 2.55. The van der Waals surface area contributed by atoms with Crippen LogP contribution < -0.4 is 5.32 Å². The van der Waals surface area contributed by atoms with Gasteiger partial charge in [0.15, 0.2) is 0 Å². The second-order valence-electron chi connectivity index (χ2n) is 6.49. The quantitative estimate of drug-likeness (QED) is 0.854. The highest BCUT2D eigenvalue weighted by Gasteiger charge is 2.38. The Kier molecular flexibility index (Phi) is 5.08. The van der Waals surface area contributed by atoms with E-state index in [1.807, 2.05) is 11.8 Å². The zero-order chi connectivity index (χ0) is 16.1. The van der Waals surface area contributed by atoms with Gasteiger partial charge in [0.05, 0.1) is 12.1 Å². The van der Waals surface area contributed by atoms with Crippen molar-refractivity contribution in [2.45, 2.75) is 57.3 Å². The predicted octanol–water partition coefficient (Wildman–Crippen LogP) is 2.76. The lowest BCUT2D eigenvalue weighted by Gasteiger charge is -2.34. The van der Waals surface area contributed by atoms with Gasteiger partial charge in [0.1, 0.15) is 12.7 Å². The van der Waals surface area contributed by atoms with E-state index in [9.17, 15) is 0 Å². The van der Waals surface area contributed by atoms with Crippen molar-refractivity contribution in [1.29, 1.82) is 0 Å². The fraction of sp³-hybridized carbons (Fsp3) is 0.556. The van der Waals surface area contributed by atoms with Crippen LogP contribution in [-0.4, -0.2) is 33.5 Å². The van der Waals surface area contributed by atoms with Crippen molar-refractivity contribution in [3.8, 4) is 0 Å². The number of nitrogens with zero attached hydrogens (tertiary/aromatic N) is 3. The van der Waals surface area contributed by atoms with E-state index >= 15 is 0 Å². The van der Waals surface area contributed by atoms with Crippen molar-refractivity contribution in [1.82, 2.24) is 20.1 Å². The van der Waals surface area contributed by atoms with Crippen LogP contribution in [0.25, 0.3) is 0 Å². The summed E-state index contributed by atoms with van der Waals surface area (Å²) in [6.07, 6.45) is 8.17. The van der Waals surface area contributed by atoms with E-state index in [0.717, 1.165) is 25.9 Å². The predicted molar refractivity (Wildman–Crippen MR) is 90.1 cm³/mol. The zero-order valence-corrected chi connectivity index (χ0v) is 14.0. The first kappa shape index (κ1) is 16.1. The van der Waals surface area contributed by atoms with E-state index in [2.05, 4.69) is 46.6 Å². The number of ether oxygens (including phenoxy) is 1. The molecule has 1 heterocycles. The van der Waals surface area contributed by atoms with Gasteiger partial charge in [-0.05, 0) is 30.9 Å². The molecule has 1 aliphatic carbocycles. The summed E-state index contributed by atoms with van der Waals surface area (Å²) in [4.78, 5) is 3.97. The highest BCUT2D eigenvalue weighted by molar-refractivity contribution is 5.22. The molecule has 23 heavy (non-hydrogen) atoms. The van der Waals surface area contributed by atoms with Crippen molar-refractivity contribution >= 4 is 0 Å². The first-order valence-electron chi connectivity index (χ1n) is 8.41. The summed E-state index contributed by atoms with van der Waals surface area (Å²) in [6, 6.07) is 9.04. The molecule has 0 bridgehead atoms. The molecule has 1 fully saturated rings. The van der Waals surface area contributed by atoms with Crippen molar-refractivity contribution < 1.29 is 4.74 Å². The Morgan fingerprint density at radius 2 is 1.91 bits per heavy atom. The third kappa shape index (κ3) is 3.79. The molecule has 0 saturated heterocycles. The summed E-state index contributed by atoms with van der Waals surface area (Å²) in [7, 11) is 1.85. The Hall–Kier alpha value is -1.72. The van der Waals surface area contributed by atoms with Crippen molar-refractivity contribution in [2.75, 3.05) is 7.11 Å². The van der Waals surface area contributed by atoms with Gasteiger partial charge in [0.25, 0.3) is 0 Å². The van der Waals surface area contributed by atoms with Crippen LogP contribution in [0.1, 0.15) is 43.7 Å². The van der Waals surface area contributed by atoms with Gasteiger partial charge >= 0.3 is 0 Å². The van der Waals surface area contributed by atoms with Crippen molar-refractivity contribution in [3.63, 3.8) is 0 Å². The number of rotatable bonds is 7. The molecule has 5 nitrogen and oxygen atoms in total. The third-order valence-electron chi connectivity index (χ3n) is 5.09. The van der Waals surface area contributed by atoms with E-state index in [1.54, 1.807) is 12.7 Å². The molecule has 0 spiro atoms. The molecule has 2 aromatic rings. The van der Waals surface area contributed by atoms with Gasteiger partial charge in [-0.2, -0.15) is 5.10 Å². The normalized spacial score (nSPS) is 18.2. The molecule has 1 N–H and O–H groups in total. The monoisotopic (exact) mass is 314 g/mol. The minimum atomic E-state index is 0.0209. The van der Waals surface area contributed by atoms with Crippen LogP contribution in [0.15, 0.2) is 36.9 Å². The van der Waals surface area contributed by atoms with Gasteiger partial charge in [-0.25, -0.2) is 9.67 Å². The minimum Gasteiger partial charge on any atom is -0.377 e. The first-order valence-corrected chi connectivity index (χ1v) is 8.41. The van der Waals surface area contributed by atoms with Crippen LogP contribution in [0, 0.1) is 0 Å². The number of aromatic nitrogens is 3. The largest absolute Gasteiger partial charge is 0.377 e. The number of nitrogens with one attached hydrogen (secondary N) is 1. The third-order valence-corrected chi connectivity index (χ3v) is 5.09. The SMILES string of the molecule is COC1(C(C)NCc2ccc(Cn3cncn3)cc2)CCCC1. The van der Waals surface area contributed by atoms with Crippen LogP contribution in [-0.2, 0) is 17.8 Å². The van der Waals surface area contributed by atoms with Gasteiger partial charge < -0.3 is 10.1 Å². The molecule has 0 radical (unpaired) electrons. The molecule has 1 saturated carbocycles. The molecule has 1 atom stereocenters. The summed E-state index contributed by atoms with van der Waals surface area (Å²) in [6.45, 7) is 3.88. The van der Waals surface area contributed by atoms with E-state index in [4.69, 9.17) is 4.74 Å². The molecular formula is C18H26N4O. The molecule has 0 amide bonds. The Labute approximate surface area is 138 Å². The number of hydrogen-bond acceptors (Lipinski definition) is 4. The standard InChI is InChI=1S/C18H26N4O/c1-15(18(23-2)9-3-4-10-18)20-11-16-5-7-17(8-6-16)12-22-14-19-13-21-22/h5-8,13-15,20H,3-4,9-12H2,1-2H3. The maximum Gasteiger partial charge on any atom is 0.137 e. The lowest BCUT2D eigenvalue weighted by molar-refractivity contribution is -0.0311. The fourth-order valence-electron chi connectivity index (χ4n) is 3.51. The summed E-state index contributed by atoms with van der Waals surface area (Å²) in [5.74, 6) is 0. The van der Waals surface area contributed by atoms with Crippen LogP contribution >= 0.6 is 0 Å². The molecule has 1 aromatic carbocycles. The average Bonchev–Trinajstić information content (AvgIpc) is 3.26. The molecule has 124 valence electrons. The average molecular weight is 314 g/mol. The number of benzene rings is 1. The van der Waals surface area contributed by atoms with Gasteiger partial charge in [-0.15, -0.1) is 0 Å². The van der Waals surface area contributed by atoms with E-state index in [-0.39, 0.29) is 5.60 Å². The summed E-state index contributed by atoms with van der Waals surface area (Å²) >= 11 is 0. The fourth-order valence-corrected chi connectivity index (χ4v) is 3.51. The molecule has 1 aromatic heterocycles. The van der Waals surface area contributed by atoms with Crippen LogP contribution in [0.3, 0.4) is 0 Å². The van der Waals surface area contributed by atoms with Gasteiger partial charge in [0.2, 0.25) is 0 Å². The minimum absolute atomic E-state index is 0.0209. The lowest BCUT2D eigenvalue weighted by Crippen LogP contribution is -2.48. The van der Waals surface area contributed by atoms with E-state index < -0.39 is 0 Å². The van der Waals surface area contributed by atoms with Gasteiger partial charge in [0, 0.05) is 19.7 Å². The number of methoxy groups -OCH3 is 1. The van der Waals surface area contributed by atoms with Crippen LogP contribution in [0.4, 0.5) is 0 Å². The first-order chi connectivity index (χ1) is 11.2. The highest BCUT2D eigenvalue weighted by Crippen LogP contribution is 2.35. The Balaban J connectivity index is 1.54. The molecular weight excluding hydrogens is 288 g/mol. The van der Waals surface area contributed by atoms with Crippen LogP contribution in [0.5, 0.6) is 0 Å². The highest BCUT2D eigenvalue weighted by atomic mass is 16.5. The Bertz CT molecular complexity index is 588. The van der Waals surface area contributed by atoms with Crippen molar-refractivity contribution in [3.05, 3.63) is 48.0 Å². The molecule has 5 heteroatoms. The topological polar surface area (TPSA) is 52.0 Å². The second kappa shape index (κ2) is 7.23. The number of hydrogen-bond donors (Lipinski definition) is 1. The Morgan fingerprint density at radius 3 is 2.52 bits per heavy atom. The zero-order valence-electron chi connectivity index (χ0n) is 14.0. The molecule has 1 unspecified atom stereocenters. The summed E-state index contributed by atoms with van der Waals surface area (Å²) < 4.78 is 7.68. The van der Waals surface area contributed by atoms with E-state index in [1.165, 1.54) is 24.0 Å². The maximum atomic E-state index is 5.85. The van der Waals surface area contributed by atoms with Crippen molar-refractivity contribution in [2.24, 2.45) is 0 Å². The smallest absolute Gasteiger partial charge is 0.137 e. The second-order valence-corrected chi connectivity index (χ2v) is 6.49. The Morgan fingerprint density at radius 1 is 1.22 bits per heavy atom. The summed E-state index contributed by atoms with van der Waals surface area (Å²) in [5, 5.41) is 7.78. The van der Waals surface area contributed by atoms with Crippen LogP contribution in [0.2, 0.25) is 0 Å². The van der Waals surface area contributed by atoms with Gasteiger partial charge in [-0.3, -0.25) is 0 Å². The molecule has 3 rings (SSSR count).